The number of nitrogens with zero attached hydrogens (tertiary/aromatic N) is 1. The van der Waals surface area contributed by atoms with E-state index in [1.807, 2.05) is 49.3 Å². The Balaban J connectivity index is 2.05. The van der Waals surface area contributed by atoms with Crippen molar-refractivity contribution in [3.63, 3.8) is 0 Å². The molecule has 5 heteroatoms. The topological polar surface area (TPSA) is 52.9 Å². The predicted molar refractivity (Wildman–Crippen MR) is 81.4 cm³/mol. The molecular weight excluding hydrogens is 253 g/mol. The van der Waals surface area contributed by atoms with E-state index in [0.29, 0.717) is 12.1 Å². The Hall–Kier alpha value is -1.98. The molecule has 4 nitrogen and oxygen atoms in total. The molecule has 2 aromatic rings. The van der Waals surface area contributed by atoms with Crippen LogP contribution in [0.3, 0.4) is 0 Å². The van der Waals surface area contributed by atoms with E-state index >= 15 is 0 Å². The van der Waals surface area contributed by atoms with Gasteiger partial charge >= 0.3 is 7.12 Å². The fraction of sp³-hybridized carbons (Fsp3) is 0.200. The Kier molecular flexibility index (Phi) is 4.66. The molecule has 104 valence electrons. The summed E-state index contributed by atoms with van der Waals surface area (Å²) < 4.78 is 5.73. The molecule has 0 aliphatic carbocycles. The van der Waals surface area contributed by atoms with Gasteiger partial charge in [-0.05, 0) is 23.2 Å². The lowest BCUT2D eigenvalue weighted by molar-refractivity contribution is 0.306. The summed E-state index contributed by atoms with van der Waals surface area (Å²) in [5.41, 5.74) is 2.43. The Morgan fingerprint density at radius 2 is 1.80 bits per heavy atom. The number of ether oxygens (including phenoxy) is 1. The molecule has 2 N–H and O–H groups in total. The summed E-state index contributed by atoms with van der Waals surface area (Å²) in [5, 5.41) is 18.3. The minimum Gasteiger partial charge on any atom is -0.489 e. The minimum absolute atomic E-state index is 0.386. The predicted octanol–water partition coefficient (Wildman–Crippen LogP) is 1.01. The van der Waals surface area contributed by atoms with Gasteiger partial charge in [0.15, 0.2) is 0 Å². The molecule has 0 bridgehead atoms. The van der Waals surface area contributed by atoms with Gasteiger partial charge in [0.05, 0.1) is 0 Å². The van der Waals surface area contributed by atoms with Gasteiger partial charge in [-0.25, -0.2) is 0 Å². The normalized spacial score (nSPS) is 10.2. The molecular formula is C15H18BNO3. The molecule has 0 radical (unpaired) electrons. The molecule has 0 saturated heterocycles. The molecule has 0 aliphatic rings. The molecule has 20 heavy (non-hydrogen) atoms. The van der Waals surface area contributed by atoms with Crippen molar-refractivity contribution in [3.8, 4) is 5.75 Å². The molecule has 0 aromatic heterocycles. The Labute approximate surface area is 119 Å². The lowest BCUT2D eigenvalue weighted by atomic mass is 9.80. The van der Waals surface area contributed by atoms with Crippen LogP contribution in [-0.4, -0.2) is 31.3 Å². The molecule has 0 aliphatic heterocycles. The quantitative estimate of drug-likeness (QED) is 0.797. The average Bonchev–Trinajstić information content (AvgIpc) is 2.45. The van der Waals surface area contributed by atoms with Crippen LogP contribution in [0.1, 0.15) is 5.56 Å². The van der Waals surface area contributed by atoms with Crippen LogP contribution in [-0.2, 0) is 6.61 Å². The van der Waals surface area contributed by atoms with Crippen LogP contribution in [0.2, 0.25) is 0 Å². The first-order chi connectivity index (χ1) is 9.56. The van der Waals surface area contributed by atoms with Crippen LogP contribution >= 0.6 is 0 Å². The van der Waals surface area contributed by atoms with Gasteiger partial charge in [-0.1, -0.05) is 30.3 Å². The first kappa shape index (κ1) is 14.4. The first-order valence-electron chi connectivity index (χ1n) is 6.41. The second kappa shape index (κ2) is 6.46. The zero-order valence-corrected chi connectivity index (χ0v) is 11.7. The zero-order chi connectivity index (χ0) is 14.5. The van der Waals surface area contributed by atoms with Crippen molar-refractivity contribution in [2.75, 3.05) is 19.0 Å². The van der Waals surface area contributed by atoms with Crippen LogP contribution in [0.4, 0.5) is 5.69 Å². The lowest BCUT2D eigenvalue weighted by Gasteiger charge is -2.14. The van der Waals surface area contributed by atoms with E-state index in [1.54, 1.807) is 18.2 Å². The van der Waals surface area contributed by atoms with E-state index in [4.69, 9.17) is 14.8 Å². The summed E-state index contributed by atoms with van der Waals surface area (Å²) in [6.45, 7) is 0.386. The largest absolute Gasteiger partial charge is 0.489 e. The van der Waals surface area contributed by atoms with Crippen LogP contribution in [0.5, 0.6) is 5.75 Å². The minimum atomic E-state index is -1.45. The standard InChI is InChI=1S/C15H18BNO3/c1-17(2)14-7-4-8-15(10-14)20-11-12-5-3-6-13(9-12)16(18)19/h3-10,18-19H,11H2,1-2H3. The van der Waals surface area contributed by atoms with Gasteiger partial charge < -0.3 is 19.7 Å². The van der Waals surface area contributed by atoms with Crippen molar-refractivity contribution < 1.29 is 14.8 Å². The zero-order valence-electron chi connectivity index (χ0n) is 11.7. The smallest absolute Gasteiger partial charge is 0.488 e. The third-order valence-electron chi connectivity index (χ3n) is 2.99. The summed E-state index contributed by atoms with van der Waals surface area (Å²) >= 11 is 0. The molecule has 0 spiro atoms. The molecule has 0 amide bonds. The van der Waals surface area contributed by atoms with Crippen LogP contribution < -0.4 is 15.1 Å². The van der Waals surface area contributed by atoms with E-state index in [9.17, 15) is 0 Å². The summed E-state index contributed by atoms with van der Waals surface area (Å²) in [7, 11) is 2.50. The third-order valence-corrected chi connectivity index (χ3v) is 2.99. The van der Waals surface area contributed by atoms with Gasteiger partial charge in [0.2, 0.25) is 0 Å². The number of benzene rings is 2. The molecule has 0 saturated carbocycles. The number of hydrogen-bond acceptors (Lipinski definition) is 4. The highest BCUT2D eigenvalue weighted by atomic mass is 16.5. The van der Waals surface area contributed by atoms with Gasteiger partial charge in [-0.3, -0.25) is 0 Å². The third kappa shape index (κ3) is 3.76. The Morgan fingerprint density at radius 1 is 1.05 bits per heavy atom. The van der Waals surface area contributed by atoms with Gasteiger partial charge in [-0.2, -0.15) is 0 Å². The number of rotatable bonds is 5. The average molecular weight is 271 g/mol. The highest BCUT2D eigenvalue weighted by Gasteiger charge is 2.10. The lowest BCUT2D eigenvalue weighted by Crippen LogP contribution is -2.29. The second-order valence-corrected chi connectivity index (χ2v) is 4.80. The van der Waals surface area contributed by atoms with Crippen molar-refractivity contribution in [3.05, 3.63) is 54.1 Å². The van der Waals surface area contributed by atoms with E-state index in [0.717, 1.165) is 17.0 Å². The summed E-state index contributed by atoms with van der Waals surface area (Å²) in [6, 6.07) is 14.9. The van der Waals surface area contributed by atoms with E-state index < -0.39 is 7.12 Å². The van der Waals surface area contributed by atoms with Gasteiger partial charge in [0.25, 0.3) is 0 Å². The van der Waals surface area contributed by atoms with Gasteiger partial charge in [-0.15, -0.1) is 0 Å². The maximum atomic E-state index is 9.14. The number of hydrogen-bond donors (Lipinski definition) is 2. The summed E-state index contributed by atoms with van der Waals surface area (Å²) in [5.74, 6) is 0.783. The van der Waals surface area contributed by atoms with Crippen molar-refractivity contribution in [1.82, 2.24) is 0 Å². The van der Waals surface area contributed by atoms with E-state index in [-0.39, 0.29) is 0 Å². The van der Waals surface area contributed by atoms with Crippen LogP contribution in [0.25, 0.3) is 0 Å². The SMILES string of the molecule is CN(C)c1cccc(OCc2cccc(B(O)O)c2)c1. The van der Waals surface area contributed by atoms with Crippen molar-refractivity contribution in [2.45, 2.75) is 6.61 Å². The molecule has 0 unspecified atom stereocenters. The Bertz CT molecular complexity index is 521. The maximum absolute atomic E-state index is 9.14. The molecule has 2 aromatic carbocycles. The van der Waals surface area contributed by atoms with E-state index in [1.165, 1.54) is 0 Å². The van der Waals surface area contributed by atoms with Gasteiger partial charge in [0.1, 0.15) is 12.4 Å². The van der Waals surface area contributed by atoms with E-state index in [2.05, 4.69) is 0 Å². The highest BCUT2D eigenvalue weighted by molar-refractivity contribution is 6.58. The Morgan fingerprint density at radius 3 is 2.50 bits per heavy atom. The highest BCUT2D eigenvalue weighted by Crippen LogP contribution is 2.20. The molecule has 0 atom stereocenters. The van der Waals surface area contributed by atoms with Crippen LogP contribution in [0, 0.1) is 0 Å². The summed E-state index contributed by atoms with van der Waals surface area (Å²) in [6.07, 6.45) is 0. The first-order valence-corrected chi connectivity index (χ1v) is 6.41. The summed E-state index contributed by atoms with van der Waals surface area (Å²) in [4.78, 5) is 2.01. The molecule has 2 rings (SSSR count). The molecule has 0 fully saturated rings. The maximum Gasteiger partial charge on any atom is 0.488 e. The van der Waals surface area contributed by atoms with Crippen molar-refractivity contribution in [1.29, 1.82) is 0 Å². The fourth-order valence-electron chi connectivity index (χ4n) is 1.86. The number of anilines is 1. The van der Waals surface area contributed by atoms with Crippen LogP contribution in [0.15, 0.2) is 48.5 Å². The van der Waals surface area contributed by atoms with Crippen molar-refractivity contribution in [2.24, 2.45) is 0 Å². The van der Waals surface area contributed by atoms with Crippen molar-refractivity contribution >= 4 is 18.3 Å². The second-order valence-electron chi connectivity index (χ2n) is 4.80. The molecule has 0 heterocycles. The fourth-order valence-corrected chi connectivity index (χ4v) is 1.86. The van der Waals surface area contributed by atoms with Gasteiger partial charge in [0, 0.05) is 25.8 Å². The monoisotopic (exact) mass is 271 g/mol.